The lowest BCUT2D eigenvalue weighted by molar-refractivity contribution is -0.139. The predicted octanol–water partition coefficient (Wildman–Crippen LogP) is 4.27. The molecule has 0 bridgehead atoms. The molecule has 0 aromatic heterocycles. The lowest BCUT2D eigenvalue weighted by atomic mass is 10.00. The SMILES string of the molecule is CC1C2CC(C(=O)N[C@H](C)C3=CC(C(=N)N)CS3)N(C(=O)Cc3ccc4c(c3)-c3ccccc3C4(F)F)C12. The largest absolute Gasteiger partial charge is 0.387 e. The van der Waals surface area contributed by atoms with Gasteiger partial charge in [-0.05, 0) is 41.9 Å². The van der Waals surface area contributed by atoms with E-state index in [0.29, 0.717) is 40.7 Å². The van der Waals surface area contributed by atoms with Crippen molar-refractivity contribution >= 4 is 29.4 Å². The summed E-state index contributed by atoms with van der Waals surface area (Å²) < 4.78 is 29.9. The molecule has 6 atom stereocenters. The number of likely N-dealkylation sites (tertiary alicyclic amines) is 1. The Labute approximate surface area is 224 Å². The van der Waals surface area contributed by atoms with Crippen LogP contribution in [0.1, 0.15) is 37.0 Å². The fourth-order valence-corrected chi connectivity index (χ4v) is 7.62. The van der Waals surface area contributed by atoms with Crippen molar-refractivity contribution in [3.8, 4) is 11.1 Å². The number of nitrogens with one attached hydrogen (secondary N) is 2. The number of amidine groups is 1. The zero-order valence-electron chi connectivity index (χ0n) is 21.2. The van der Waals surface area contributed by atoms with E-state index in [-0.39, 0.29) is 53.2 Å². The van der Waals surface area contributed by atoms with Gasteiger partial charge in [0.15, 0.2) is 0 Å². The van der Waals surface area contributed by atoms with Gasteiger partial charge in [-0.2, -0.15) is 8.78 Å². The van der Waals surface area contributed by atoms with Crippen LogP contribution in [0.5, 0.6) is 0 Å². The van der Waals surface area contributed by atoms with E-state index in [1.807, 2.05) is 13.0 Å². The highest BCUT2D eigenvalue weighted by molar-refractivity contribution is 8.03. The molecule has 1 saturated carbocycles. The third-order valence-corrected chi connectivity index (χ3v) is 9.92. The number of piperidine rings is 1. The van der Waals surface area contributed by atoms with Gasteiger partial charge < -0.3 is 16.0 Å². The Kier molecular flexibility index (Phi) is 5.90. The van der Waals surface area contributed by atoms with Crippen molar-refractivity contribution in [2.24, 2.45) is 23.5 Å². The first-order chi connectivity index (χ1) is 18.1. The molecule has 0 spiro atoms. The number of benzene rings is 2. The van der Waals surface area contributed by atoms with E-state index in [9.17, 15) is 18.4 Å². The molecule has 9 heteroatoms. The number of halogens is 2. The van der Waals surface area contributed by atoms with Crippen molar-refractivity contribution in [2.45, 2.75) is 50.7 Å². The zero-order chi connectivity index (χ0) is 26.9. The number of nitrogens with two attached hydrogens (primary N) is 1. The highest BCUT2D eigenvalue weighted by atomic mass is 32.2. The second kappa shape index (κ2) is 8.93. The molecule has 198 valence electrons. The molecule has 2 aliphatic carbocycles. The van der Waals surface area contributed by atoms with Gasteiger partial charge >= 0.3 is 0 Å². The molecule has 6 nitrogen and oxygen atoms in total. The second-order valence-corrected chi connectivity index (χ2v) is 12.0. The van der Waals surface area contributed by atoms with Gasteiger partial charge in [0.2, 0.25) is 11.8 Å². The van der Waals surface area contributed by atoms with Gasteiger partial charge in [0, 0.05) is 33.7 Å². The summed E-state index contributed by atoms with van der Waals surface area (Å²) in [7, 11) is 0. The van der Waals surface area contributed by atoms with Gasteiger partial charge in [0.05, 0.1) is 18.3 Å². The van der Waals surface area contributed by atoms with Gasteiger partial charge in [-0.3, -0.25) is 15.0 Å². The van der Waals surface area contributed by atoms with Crippen molar-refractivity contribution < 1.29 is 18.4 Å². The molecule has 2 heterocycles. The van der Waals surface area contributed by atoms with E-state index in [4.69, 9.17) is 11.1 Å². The van der Waals surface area contributed by atoms with Crippen LogP contribution in [0.15, 0.2) is 53.4 Å². The maximum Gasteiger partial charge on any atom is 0.299 e. The van der Waals surface area contributed by atoms with Crippen LogP contribution in [0.25, 0.3) is 11.1 Å². The number of carbonyl (C=O) groups excluding carboxylic acids is 2. The Balaban J connectivity index is 1.19. The maximum atomic E-state index is 14.9. The Bertz CT molecular complexity index is 1390. The summed E-state index contributed by atoms with van der Waals surface area (Å²) in [6.07, 6.45) is 2.62. The van der Waals surface area contributed by atoms with E-state index in [1.54, 1.807) is 47.0 Å². The average molecular weight is 537 g/mol. The van der Waals surface area contributed by atoms with Gasteiger partial charge in [0.25, 0.3) is 5.92 Å². The van der Waals surface area contributed by atoms with Crippen LogP contribution in [0, 0.1) is 23.2 Å². The highest BCUT2D eigenvalue weighted by Crippen LogP contribution is 2.54. The number of nitrogens with zero attached hydrogens (tertiary/aromatic N) is 1. The normalized spacial score (nSPS) is 28.7. The topological polar surface area (TPSA) is 99.3 Å². The monoisotopic (exact) mass is 536 g/mol. The molecule has 1 saturated heterocycles. The van der Waals surface area contributed by atoms with E-state index >= 15 is 0 Å². The highest BCUT2D eigenvalue weighted by Gasteiger charge is 2.61. The third kappa shape index (κ3) is 3.94. The molecular weight excluding hydrogens is 506 g/mol. The number of hydrogen-bond acceptors (Lipinski definition) is 4. The molecule has 5 unspecified atom stereocenters. The number of hydrogen-bond donors (Lipinski definition) is 3. The summed E-state index contributed by atoms with van der Waals surface area (Å²) in [6.45, 7) is 4.00. The standard InChI is InChI=1S/C29H30F2N4O2S/c1-14-19-12-23(28(37)34-15(2)24-11-17(13-38-24)27(32)33)35(26(14)19)25(36)10-16-7-8-22-20(9-16)18-5-3-4-6-21(18)29(22,30)31/h3-9,11,14-15,17,19,23,26H,10,12-13H2,1-2H3,(H3,32,33)(H,34,37)/t14?,15-,17?,19?,23?,26?/m1/s1. The van der Waals surface area contributed by atoms with Gasteiger partial charge in [-0.15, -0.1) is 11.8 Å². The first-order valence-electron chi connectivity index (χ1n) is 13.0. The summed E-state index contributed by atoms with van der Waals surface area (Å²) in [6, 6.07) is 10.5. The number of thioether (sulfide) groups is 1. The number of alkyl halides is 2. The zero-order valence-corrected chi connectivity index (χ0v) is 22.0. The number of rotatable bonds is 6. The minimum atomic E-state index is -3.06. The van der Waals surface area contributed by atoms with Gasteiger partial charge in [-0.25, -0.2) is 0 Å². The third-order valence-electron chi connectivity index (χ3n) is 8.57. The van der Waals surface area contributed by atoms with Gasteiger partial charge in [-0.1, -0.05) is 55.5 Å². The molecule has 4 aliphatic rings. The van der Waals surface area contributed by atoms with E-state index in [1.165, 1.54) is 12.1 Å². The minimum Gasteiger partial charge on any atom is -0.387 e. The quantitative estimate of drug-likeness (QED) is 0.379. The molecule has 2 aliphatic heterocycles. The van der Waals surface area contributed by atoms with Crippen LogP contribution >= 0.6 is 11.8 Å². The van der Waals surface area contributed by atoms with Crippen LogP contribution in [0.3, 0.4) is 0 Å². The Morgan fingerprint density at radius 3 is 2.68 bits per heavy atom. The van der Waals surface area contributed by atoms with Crippen LogP contribution in [-0.4, -0.2) is 46.4 Å². The minimum absolute atomic E-state index is 0.0105. The Hall–Kier alpha value is -3.20. The molecule has 2 aromatic rings. The molecule has 2 fully saturated rings. The lowest BCUT2D eigenvalue weighted by Crippen LogP contribution is -2.51. The molecule has 2 aromatic carbocycles. The van der Waals surface area contributed by atoms with Crippen LogP contribution in [0.2, 0.25) is 0 Å². The van der Waals surface area contributed by atoms with E-state index in [2.05, 4.69) is 12.2 Å². The molecule has 6 rings (SSSR count). The lowest BCUT2D eigenvalue weighted by Gasteiger charge is -2.29. The predicted molar refractivity (Wildman–Crippen MR) is 144 cm³/mol. The Morgan fingerprint density at radius 1 is 1.21 bits per heavy atom. The molecule has 4 N–H and O–H groups in total. The Morgan fingerprint density at radius 2 is 1.95 bits per heavy atom. The van der Waals surface area contributed by atoms with Crippen molar-refractivity contribution in [1.82, 2.24) is 10.2 Å². The summed E-state index contributed by atoms with van der Waals surface area (Å²) in [5, 5.41) is 10.7. The number of amides is 2. The van der Waals surface area contributed by atoms with Crippen molar-refractivity contribution in [2.75, 3.05) is 5.75 Å². The van der Waals surface area contributed by atoms with Crippen molar-refractivity contribution in [3.63, 3.8) is 0 Å². The van der Waals surface area contributed by atoms with Gasteiger partial charge in [0.1, 0.15) is 6.04 Å². The maximum absolute atomic E-state index is 14.9. The summed E-state index contributed by atoms with van der Waals surface area (Å²) in [5.74, 6) is -2.06. The van der Waals surface area contributed by atoms with Crippen LogP contribution in [-0.2, 0) is 21.9 Å². The second-order valence-electron chi connectivity index (χ2n) is 10.9. The molecule has 2 amide bonds. The summed E-state index contributed by atoms with van der Waals surface area (Å²) in [4.78, 5) is 29.6. The van der Waals surface area contributed by atoms with E-state index < -0.39 is 12.0 Å². The first kappa shape index (κ1) is 25.1. The molecule has 0 radical (unpaired) electrons. The van der Waals surface area contributed by atoms with Crippen molar-refractivity contribution in [1.29, 1.82) is 5.41 Å². The molecule has 38 heavy (non-hydrogen) atoms. The van der Waals surface area contributed by atoms with Crippen LogP contribution in [0.4, 0.5) is 8.78 Å². The fraction of sp³-hybridized carbons (Fsp3) is 0.414. The number of carbonyl (C=O) groups is 2. The first-order valence-corrected chi connectivity index (χ1v) is 14.0. The van der Waals surface area contributed by atoms with Crippen molar-refractivity contribution in [3.05, 3.63) is 70.1 Å². The number of fused-ring (bicyclic) bond motifs is 4. The molecular formula is C29H30F2N4O2S. The summed E-state index contributed by atoms with van der Waals surface area (Å²) >= 11 is 1.59. The average Bonchev–Trinajstić information content (AvgIpc) is 3.29. The van der Waals surface area contributed by atoms with E-state index in [0.717, 1.165) is 4.91 Å². The summed E-state index contributed by atoms with van der Waals surface area (Å²) in [5.41, 5.74) is 7.20. The van der Waals surface area contributed by atoms with Crippen LogP contribution < -0.4 is 11.1 Å². The fourth-order valence-electron chi connectivity index (χ4n) is 6.40. The smallest absolute Gasteiger partial charge is 0.299 e.